The highest BCUT2D eigenvalue weighted by Crippen LogP contribution is 2.34. The van der Waals surface area contributed by atoms with Crippen molar-refractivity contribution in [3.05, 3.63) is 33.8 Å². The number of hydrogen-bond acceptors (Lipinski definition) is 3. The minimum Gasteiger partial charge on any atom is -0.444 e. The third-order valence-electron chi connectivity index (χ3n) is 4.18. The van der Waals surface area contributed by atoms with E-state index >= 15 is 0 Å². The summed E-state index contributed by atoms with van der Waals surface area (Å²) in [4.78, 5) is 13.9. The summed E-state index contributed by atoms with van der Waals surface area (Å²) >= 11 is 6.25. The zero-order valence-electron chi connectivity index (χ0n) is 14.4. The molecule has 1 saturated heterocycles. The van der Waals surface area contributed by atoms with Crippen LogP contribution in [-0.4, -0.2) is 34.8 Å². The Morgan fingerprint density at radius 1 is 1.35 bits per heavy atom. The molecule has 128 valence electrons. The number of carbonyl (C=O) groups is 1. The van der Waals surface area contributed by atoms with Crippen LogP contribution in [0, 0.1) is 6.92 Å². The van der Waals surface area contributed by atoms with Crippen LogP contribution in [0.2, 0.25) is 5.02 Å². The number of nitrogens with zero attached hydrogens (tertiary/aromatic N) is 1. The second kappa shape index (κ2) is 7.10. The van der Waals surface area contributed by atoms with Crippen LogP contribution < -0.4 is 0 Å². The first-order chi connectivity index (χ1) is 10.7. The maximum atomic E-state index is 12.1. The van der Waals surface area contributed by atoms with E-state index in [1.165, 1.54) is 0 Å². The molecule has 2 rings (SSSR count). The summed E-state index contributed by atoms with van der Waals surface area (Å²) in [5.74, 6) is 0.314. The summed E-state index contributed by atoms with van der Waals surface area (Å²) in [5, 5.41) is 10.3. The molecular formula is C18H26ClNO3. The van der Waals surface area contributed by atoms with E-state index in [0.29, 0.717) is 19.0 Å². The minimum atomic E-state index is -0.470. The Morgan fingerprint density at radius 2 is 1.96 bits per heavy atom. The molecule has 0 aromatic heterocycles. The highest BCUT2D eigenvalue weighted by molar-refractivity contribution is 6.31. The number of likely N-dealkylation sites (tertiary alicyclic amines) is 1. The number of hydrogen-bond donors (Lipinski definition) is 1. The smallest absolute Gasteiger partial charge is 0.410 e. The number of aryl methyl sites for hydroxylation is 1. The van der Waals surface area contributed by atoms with Crippen molar-refractivity contribution in [2.75, 3.05) is 13.1 Å². The zero-order chi connectivity index (χ0) is 17.2. The lowest BCUT2D eigenvalue weighted by Crippen LogP contribution is -2.41. The van der Waals surface area contributed by atoms with Crippen LogP contribution in [0.15, 0.2) is 12.1 Å². The maximum Gasteiger partial charge on any atom is 0.410 e. The van der Waals surface area contributed by atoms with E-state index < -0.39 is 5.60 Å². The van der Waals surface area contributed by atoms with Gasteiger partial charge in [0.2, 0.25) is 0 Å². The van der Waals surface area contributed by atoms with Crippen LogP contribution >= 0.6 is 11.6 Å². The van der Waals surface area contributed by atoms with Gasteiger partial charge < -0.3 is 14.7 Å². The van der Waals surface area contributed by atoms with Crippen molar-refractivity contribution in [2.45, 2.75) is 58.7 Å². The molecular weight excluding hydrogens is 314 g/mol. The van der Waals surface area contributed by atoms with Gasteiger partial charge in [0.05, 0.1) is 6.61 Å². The molecule has 0 saturated carbocycles. The Hall–Kier alpha value is -1.26. The number of aliphatic hydroxyl groups is 1. The minimum absolute atomic E-state index is 0.0135. The second-order valence-electron chi connectivity index (χ2n) is 7.20. The number of amides is 1. The van der Waals surface area contributed by atoms with Crippen LogP contribution in [0.4, 0.5) is 4.79 Å². The average molecular weight is 340 g/mol. The normalized spacial score (nSPS) is 16.5. The van der Waals surface area contributed by atoms with E-state index in [4.69, 9.17) is 16.3 Å². The summed E-state index contributed by atoms with van der Waals surface area (Å²) in [5.41, 5.74) is 2.54. The third-order valence-corrected chi connectivity index (χ3v) is 4.58. The molecule has 1 amide bonds. The van der Waals surface area contributed by atoms with E-state index in [1.807, 2.05) is 39.8 Å². The fraction of sp³-hybridized carbons (Fsp3) is 0.611. The molecule has 0 radical (unpaired) electrons. The molecule has 1 aliphatic rings. The number of halogens is 1. The van der Waals surface area contributed by atoms with Crippen LogP contribution in [0.25, 0.3) is 0 Å². The molecule has 1 aliphatic heterocycles. The Morgan fingerprint density at radius 3 is 2.48 bits per heavy atom. The van der Waals surface area contributed by atoms with Gasteiger partial charge in [0, 0.05) is 18.1 Å². The lowest BCUT2D eigenvalue weighted by Gasteiger charge is -2.34. The maximum absolute atomic E-state index is 12.1. The van der Waals surface area contributed by atoms with Gasteiger partial charge in [-0.2, -0.15) is 0 Å². The van der Waals surface area contributed by atoms with Crippen molar-refractivity contribution < 1.29 is 14.6 Å². The lowest BCUT2D eigenvalue weighted by molar-refractivity contribution is 0.0204. The van der Waals surface area contributed by atoms with Crippen molar-refractivity contribution in [1.29, 1.82) is 0 Å². The van der Waals surface area contributed by atoms with Crippen LogP contribution in [-0.2, 0) is 11.3 Å². The number of piperidine rings is 1. The number of ether oxygens (including phenoxy) is 1. The van der Waals surface area contributed by atoms with E-state index in [2.05, 4.69) is 0 Å². The number of carbonyl (C=O) groups excluding carboxylic acids is 1. The summed E-state index contributed by atoms with van der Waals surface area (Å²) in [7, 11) is 0. The summed E-state index contributed by atoms with van der Waals surface area (Å²) in [6.07, 6.45) is 1.46. The summed E-state index contributed by atoms with van der Waals surface area (Å²) in [6.45, 7) is 8.90. The van der Waals surface area contributed by atoms with Gasteiger partial charge in [-0.1, -0.05) is 17.7 Å². The molecule has 0 unspecified atom stereocenters. The van der Waals surface area contributed by atoms with Crippen molar-refractivity contribution in [2.24, 2.45) is 0 Å². The Balaban J connectivity index is 2.05. The van der Waals surface area contributed by atoms with Gasteiger partial charge in [0.1, 0.15) is 5.60 Å². The number of rotatable bonds is 2. The van der Waals surface area contributed by atoms with Gasteiger partial charge in [-0.05, 0) is 69.2 Å². The van der Waals surface area contributed by atoms with Crippen LogP contribution in [0.1, 0.15) is 56.2 Å². The molecule has 0 bridgehead atoms. The predicted molar refractivity (Wildman–Crippen MR) is 91.9 cm³/mol. The van der Waals surface area contributed by atoms with E-state index in [-0.39, 0.29) is 12.7 Å². The number of aliphatic hydroxyl groups excluding tert-OH is 1. The Kier molecular flexibility index (Phi) is 5.58. The summed E-state index contributed by atoms with van der Waals surface area (Å²) < 4.78 is 5.42. The number of benzene rings is 1. The first-order valence-corrected chi connectivity index (χ1v) is 8.47. The fourth-order valence-corrected chi connectivity index (χ4v) is 3.15. The molecule has 1 aromatic carbocycles. The predicted octanol–water partition coefficient (Wildman–Crippen LogP) is 4.26. The van der Waals surface area contributed by atoms with E-state index in [1.54, 1.807) is 4.90 Å². The fourth-order valence-electron chi connectivity index (χ4n) is 2.97. The van der Waals surface area contributed by atoms with E-state index in [9.17, 15) is 9.90 Å². The molecule has 4 nitrogen and oxygen atoms in total. The second-order valence-corrected chi connectivity index (χ2v) is 7.61. The first kappa shape index (κ1) is 18.1. The van der Waals surface area contributed by atoms with Crippen LogP contribution in [0.5, 0.6) is 0 Å². The van der Waals surface area contributed by atoms with Crippen molar-refractivity contribution in [1.82, 2.24) is 4.90 Å². The largest absolute Gasteiger partial charge is 0.444 e. The molecule has 5 heteroatoms. The molecule has 0 aliphatic carbocycles. The molecule has 1 aromatic rings. The topological polar surface area (TPSA) is 49.8 Å². The first-order valence-electron chi connectivity index (χ1n) is 8.09. The molecule has 1 fully saturated rings. The third kappa shape index (κ3) is 4.61. The van der Waals surface area contributed by atoms with Gasteiger partial charge in [-0.3, -0.25) is 0 Å². The van der Waals surface area contributed by atoms with Crippen LogP contribution in [0.3, 0.4) is 0 Å². The molecule has 0 spiro atoms. The van der Waals surface area contributed by atoms with E-state index in [0.717, 1.165) is 34.6 Å². The molecule has 1 N–H and O–H groups in total. The standard InChI is InChI=1S/C18H26ClNO3/c1-12-9-14(11-21)15(10-16(12)19)13-5-7-20(8-6-13)17(22)23-18(2,3)4/h9-10,13,21H,5-8,11H2,1-4H3. The highest BCUT2D eigenvalue weighted by atomic mass is 35.5. The monoisotopic (exact) mass is 339 g/mol. The van der Waals surface area contributed by atoms with Gasteiger partial charge >= 0.3 is 6.09 Å². The Bertz CT molecular complexity index is 572. The van der Waals surface area contributed by atoms with Gasteiger partial charge in [-0.25, -0.2) is 4.79 Å². The molecule has 23 heavy (non-hydrogen) atoms. The Labute approximate surface area is 143 Å². The molecule has 0 atom stereocenters. The van der Waals surface area contributed by atoms with Crippen molar-refractivity contribution in [3.63, 3.8) is 0 Å². The van der Waals surface area contributed by atoms with Gasteiger partial charge in [0.15, 0.2) is 0 Å². The van der Waals surface area contributed by atoms with Crippen molar-refractivity contribution >= 4 is 17.7 Å². The zero-order valence-corrected chi connectivity index (χ0v) is 15.1. The molecule has 1 heterocycles. The van der Waals surface area contributed by atoms with Gasteiger partial charge in [0.25, 0.3) is 0 Å². The average Bonchev–Trinajstić information content (AvgIpc) is 2.48. The lowest BCUT2D eigenvalue weighted by atomic mass is 9.86. The van der Waals surface area contributed by atoms with Gasteiger partial charge in [-0.15, -0.1) is 0 Å². The quantitative estimate of drug-likeness (QED) is 0.876. The van der Waals surface area contributed by atoms with Crippen molar-refractivity contribution in [3.8, 4) is 0 Å². The SMILES string of the molecule is Cc1cc(CO)c(C2CCN(C(=O)OC(C)(C)C)CC2)cc1Cl. The summed E-state index contributed by atoms with van der Waals surface area (Å²) in [6, 6.07) is 3.92. The highest BCUT2D eigenvalue weighted by Gasteiger charge is 2.28.